The van der Waals surface area contributed by atoms with Crippen LogP contribution in [0.3, 0.4) is 0 Å². The molecule has 4 heteroatoms. The van der Waals surface area contributed by atoms with Crippen molar-refractivity contribution in [1.29, 1.82) is 0 Å². The van der Waals surface area contributed by atoms with Gasteiger partial charge in [0.15, 0.2) is 5.69 Å². The molecule has 0 fully saturated rings. The fourth-order valence-electron chi connectivity index (χ4n) is 2.17. The van der Waals surface area contributed by atoms with Crippen LogP contribution in [0.4, 0.5) is 0 Å². The van der Waals surface area contributed by atoms with E-state index in [9.17, 15) is 9.90 Å². The summed E-state index contributed by atoms with van der Waals surface area (Å²) in [6, 6.07) is 13.2. The van der Waals surface area contributed by atoms with Gasteiger partial charge in [0.25, 0.3) is 0 Å². The highest BCUT2D eigenvalue weighted by Crippen LogP contribution is 2.25. The van der Waals surface area contributed by atoms with Gasteiger partial charge in [-0.2, -0.15) is 0 Å². The van der Waals surface area contributed by atoms with Gasteiger partial charge in [-0.1, -0.05) is 30.3 Å². The predicted molar refractivity (Wildman–Crippen MR) is 72.3 cm³/mol. The molecule has 19 heavy (non-hydrogen) atoms. The largest absolute Gasteiger partial charge is 0.476 e. The molecule has 0 saturated heterocycles. The molecule has 0 radical (unpaired) electrons. The van der Waals surface area contributed by atoms with Crippen LogP contribution in [-0.2, 0) is 0 Å². The van der Waals surface area contributed by atoms with Crippen molar-refractivity contribution in [1.82, 2.24) is 9.38 Å². The minimum atomic E-state index is -1.01. The second kappa shape index (κ2) is 4.24. The second-order valence-electron chi connectivity index (χ2n) is 4.41. The summed E-state index contributed by atoms with van der Waals surface area (Å²) in [7, 11) is 0. The normalized spacial score (nSPS) is 10.8. The van der Waals surface area contributed by atoms with Crippen LogP contribution >= 0.6 is 0 Å². The third-order valence-corrected chi connectivity index (χ3v) is 3.03. The van der Waals surface area contributed by atoms with Gasteiger partial charge >= 0.3 is 5.97 Å². The van der Waals surface area contributed by atoms with Crippen LogP contribution in [0, 0.1) is 6.92 Å². The van der Waals surface area contributed by atoms with Gasteiger partial charge in [0.1, 0.15) is 5.65 Å². The molecule has 1 aromatic carbocycles. The number of fused-ring (bicyclic) bond motifs is 1. The summed E-state index contributed by atoms with van der Waals surface area (Å²) in [6.45, 7) is 1.96. The quantitative estimate of drug-likeness (QED) is 0.762. The molecule has 3 aromatic rings. The minimum absolute atomic E-state index is 0.0804. The number of carbonyl (C=O) groups is 1. The summed E-state index contributed by atoms with van der Waals surface area (Å²) in [5.41, 5.74) is 3.24. The smallest absolute Gasteiger partial charge is 0.356 e. The lowest BCUT2D eigenvalue weighted by Crippen LogP contribution is -2.00. The third kappa shape index (κ3) is 1.87. The number of carboxylic acid groups (broad SMARTS) is 1. The average molecular weight is 252 g/mol. The van der Waals surface area contributed by atoms with E-state index >= 15 is 0 Å². The van der Waals surface area contributed by atoms with Gasteiger partial charge < -0.3 is 5.11 Å². The molecule has 2 aromatic heterocycles. The van der Waals surface area contributed by atoms with Crippen molar-refractivity contribution in [2.75, 3.05) is 0 Å². The Labute approximate surface area is 110 Å². The first kappa shape index (κ1) is 11.5. The number of carboxylic acids is 1. The van der Waals surface area contributed by atoms with E-state index in [1.54, 1.807) is 0 Å². The molecular formula is C15H12N2O2. The summed E-state index contributed by atoms with van der Waals surface area (Å²) in [5, 5.41) is 9.32. The Morgan fingerprint density at radius 3 is 2.63 bits per heavy atom. The summed E-state index contributed by atoms with van der Waals surface area (Å²) in [5.74, 6) is -1.01. The summed E-state index contributed by atoms with van der Waals surface area (Å²) >= 11 is 0. The molecule has 94 valence electrons. The number of aromatic carboxylic acids is 1. The van der Waals surface area contributed by atoms with Crippen LogP contribution < -0.4 is 0 Å². The zero-order valence-electron chi connectivity index (χ0n) is 10.4. The van der Waals surface area contributed by atoms with Crippen molar-refractivity contribution >= 4 is 11.6 Å². The molecule has 0 aliphatic carbocycles. The number of hydrogen-bond donors (Lipinski definition) is 1. The van der Waals surface area contributed by atoms with Crippen LogP contribution in [0.1, 0.15) is 16.1 Å². The Balaban J connectivity index is 2.38. The van der Waals surface area contributed by atoms with E-state index < -0.39 is 5.97 Å². The average Bonchev–Trinajstić information content (AvgIpc) is 2.78. The van der Waals surface area contributed by atoms with Gasteiger partial charge in [-0.05, 0) is 24.6 Å². The van der Waals surface area contributed by atoms with Crippen molar-refractivity contribution in [2.45, 2.75) is 6.92 Å². The highest BCUT2D eigenvalue weighted by atomic mass is 16.4. The van der Waals surface area contributed by atoms with E-state index in [-0.39, 0.29) is 5.69 Å². The maximum atomic E-state index is 11.4. The molecule has 0 saturated carbocycles. The Morgan fingerprint density at radius 1 is 1.21 bits per heavy atom. The highest BCUT2D eigenvalue weighted by Gasteiger charge is 2.19. The molecular weight excluding hydrogens is 240 g/mol. The van der Waals surface area contributed by atoms with Gasteiger partial charge in [-0.15, -0.1) is 0 Å². The molecule has 4 nitrogen and oxygen atoms in total. The molecule has 0 unspecified atom stereocenters. The monoisotopic (exact) mass is 252 g/mol. The van der Waals surface area contributed by atoms with Gasteiger partial charge in [0.05, 0.1) is 5.69 Å². The third-order valence-electron chi connectivity index (χ3n) is 3.03. The number of imidazole rings is 1. The summed E-state index contributed by atoms with van der Waals surface area (Å²) < 4.78 is 1.81. The van der Waals surface area contributed by atoms with Crippen LogP contribution in [0.15, 0.2) is 48.7 Å². The van der Waals surface area contributed by atoms with E-state index in [0.29, 0.717) is 11.3 Å². The molecule has 0 amide bonds. The maximum Gasteiger partial charge on any atom is 0.356 e. The Morgan fingerprint density at radius 2 is 1.95 bits per heavy atom. The highest BCUT2D eigenvalue weighted by molar-refractivity contribution is 5.94. The Bertz CT molecular complexity index is 760. The zero-order valence-corrected chi connectivity index (χ0v) is 10.4. The SMILES string of the molecule is Cc1ccn2c(-c3ccccc3)c(C(=O)O)nc2c1. The molecule has 1 N–H and O–H groups in total. The number of benzene rings is 1. The van der Waals surface area contributed by atoms with Crippen molar-refractivity contribution in [3.63, 3.8) is 0 Å². The van der Waals surface area contributed by atoms with E-state index in [0.717, 1.165) is 11.1 Å². The number of pyridine rings is 1. The lowest BCUT2D eigenvalue weighted by atomic mass is 10.1. The summed E-state index contributed by atoms with van der Waals surface area (Å²) in [6.07, 6.45) is 1.85. The van der Waals surface area contributed by atoms with Crippen molar-refractivity contribution in [3.8, 4) is 11.3 Å². The number of rotatable bonds is 2. The molecule has 2 heterocycles. The molecule has 0 bridgehead atoms. The minimum Gasteiger partial charge on any atom is -0.476 e. The lowest BCUT2D eigenvalue weighted by molar-refractivity contribution is 0.0692. The van der Waals surface area contributed by atoms with Crippen LogP contribution in [-0.4, -0.2) is 20.5 Å². The van der Waals surface area contributed by atoms with Gasteiger partial charge in [0.2, 0.25) is 0 Å². The summed E-state index contributed by atoms with van der Waals surface area (Å²) in [4.78, 5) is 15.6. The maximum absolute atomic E-state index is 11.4. The molecule has 0 atom stereocenters. The van der Waals surface area contributed by atoms with Crippen LogP contribution in [0.25, 0.3) is 16.9 Å². The molecule has 0 spiro atoms. The number of aromatic nitrogens is 2. The first-order valence-electron chi connectivity index (χ1n) is 5.94. The number of aryl methyl sites for hydroxylation is 1. The van der Waals surface area contributed by atoms with E-state index in [1.807, 2.05) is 60.0 Å². The van der Waals surface area contributed by atoms with E-state index in [4.69, 9.17) is 0 Å². The van der Waals surface area contributed by atoms with Crippen molar-refractivity contribution in [3.05, 3.63) is 59.9 Å². The van der Waals surface area contributed by atoms with Gasteiger partial charge in [0, 0.05) is 11.8 Å². The topological polar surface area (TPSA) is 54.6 Å². The fraction of sp³-hybridized carbons (Fsp3) is 0.0667. The van der Waals surface area contributed by atoms with Crippen LogP contribution in [0.2, 0.25) is 0 Å². The molecule has 0 aliphatic rings. The zero-order chi connectivity index (χ0) is 13.4. The van der Waals surface area contributed by atoms with E-state index in [2.05, 4.69) is 4.98 Å². The standard InChI is InChI=1S/C15H12N2O2/c1-10-7-8-17-12(9-10)16-13(15(18)19)14(17)11-5-3-2-4-6-11/h2-9H,1H3,(H,18,19). The fourth-order valence-corrected chi connectivity index (χ4v) is 2.17. The Kier molecular flexibility index (Phi) is 2.56. The number of hydrogen-bond acceptors (Lipinski definition) is 2. The predicted octanol–water partition coefficient (Wildman–Crippen LogP) is 3.01. The Hall–Kier alpha value is -2.62. The second-order valence-corrected chi connectivity index (χ2v) is 4.41. The number of nitrogens with zero attached hydrogens (tertiary/aromatic N) is 2. The van der Waals surface area contributed by atoms with E-state index in [1.165, 1.54) is 0 Å². The van der Waals surface area contributed by atoms with Crippen molar-refractivity contribution < 1.29 is 9.90 Å². The first-order chi connectivity index (χ1) is 9.16. The van der Waals surface area contributed by atoms with Gasteiger partial charge in [-0.25, -0.2) is 9.78 Å². The van der Waals surface area contributed by atoms with Gasteiger partial charge in [-0.3, -0.25) is 4.40 Å². The van der Waals surface area contributed by atoms with Crippen molar-refractivity contribution in [2.24, 2.45) is 0 Å². The van der Waals surface area contributed by atoms with Crippen LogP contribution in [0.5, 0.6) is 0 Å². The first-order valence-corrected chi connectivity index (χ1v) is 5.94. The lowest BCUT2D eigenvalue weighted by Gasteiger charge is -2.03. The molecule has 0 aliphatic heterocycles. The molecule has 3 rings (SSSR count).